The molecule has 0 saturated heterocycles. The molecule has 108 valence electrons. The number of benzene rings is 2. The number of fused-ring (bicyclic) bond motifs is 2. The molecule has 0 radical (unpaired) electrons. The van der Waals surface area contributed by atoms with Gasteiger partial charge >= 0.3 is 0 Å². The van der Waals surface area contributed by atoms with Crippen LogP contribution in [0.15, 0.2) is 48.5 Å². The zero-order valence-corrected chi connectivity index (χ0v) is 13.1. The molecule has 0 aliphatic heterocycles. The molecule has 0 aromatic heterocycles. The molecule has 2 heteroatoms. The second kappa shape index (κ2) is 6.46. The second-order valence-electron chi connectivity index (χ2n) is 5.47. The van der Waals surface area contributed by atoms with E-state index in [-0.39, 0.29) is 0 Å². The van der Waals surface area contributed by atoms with Crippen molar-refractivity contribution in [3.8, 4) is 0 Å². The first-order valence-corrected chi connectivity index (χ1v) is 7.89. The first kappa shape index (κ1) is 14.4. The Morgan fingerprint density at radius 1 is 1.05 bits per heavy atom. The first-order valence-electron chi connectivity index (χ1n) is 7.51. The minimum Gasteiger partial charge on any atom is -0.319 e. The van der Waals surface area contributed by atoms with Crippen molar-refractivity contribution in [1.82, 2.24) is 5.32 Å². The maximum absolute atomic E-state index is 6.19. The highest BCUT2D eigenvalue weighted by molar-refractivity contribution is 6.30. The van der Waals surface area contributed by atoms with Gasteiger partial charge in [-0.1, -0.05) is 48.0 Å². The zero-order valence-electron chi connectivity index (χ0n) is 12.3. The monoisotopic (exact) mass is 297 g/mol. The van der Waals surface area contributed by atoms with E-state index in [4.69, 9.17) is 11.6 Å². The number of nitrogens with one attached hydrogen (secondary N) is 1. The van der Waals surface area contributed by atoms with E-state index < -0.39 is 0 Å². The Labute approximate surface area is 131 Å². The molecule has 0 unspecified atom stereocenters. The molecular formula is C19H20ClN. The van der Waals surface area contributed by atoms with Crippen LogP contribution < -0.4 is 5.32 Å². The van der Waals surface area contributed by atoms with Gasteiger partial charge in [-0.3, -0.25) is 0 Å². The Morgan fingerprint density at radius 3 is 2.67 bits per heavy atom. The van der Waals surface area contributed by atoms with Crippen LogP contribution in [0.1, 0.15) is 28.7 Å². The Hall–Kier alpha value is -1.57. The summed E-state index contributed by atoms with van der Waals surface area (Å²) in [6.07, 6.45) is 5.51. The van der Waals surface area contributed by atoms with Crippen LogP contribution in [0.4, 0.5) is 0 Å². The molecule has 1 aliphatic carbocycles. The van der Waals surface area contributed by atoms with Gasteiger partial charge in [-0.25, -0.2) is 0 Å². The molecule has 0 amide bonds. The van der Waals surface area contributed by atoms with Crippen LogP contribution in [0, 0.1) is 0 Å². The largest absolute Gasteiger partial charge is 0.319 e. The Bertz CT molecular complexity index is 673. The van der Waals surface area contributed by atoms with Crippen molar-refractivity contribution in [2.24, 2.45) is 0 Å². The molecule has 0 fully saturated rings. The van der Waals surface area contributed by atoms with Gasteiger partial charge in [-0.2, -0.15) is 0 Å². The van der Waals surface area contributed by atoms with Crippen LogP contribution in [-0.4, -0.2) is 13.6 Å². The first-order chi connectivity index (χ1) is 10.3. The van der Waals surface area contributed by atoms with Crippen LogP contribution in [0.3, 0.4) is 0 Å². The summed E-state index contributed by atoms with van der Waals surface area (Å²) < 4.78 is 0. The lowest BCUT2D eigenvalue weighted by Crippen LogP contribution is -2.06. The van der Waals surface area contributed by atoms with Gasteiger partial charge in [0, 0.05) is 5.02 Å². The molecule has 2 aromatic carbocycles. The Morgan fingerprint density at radius 2 is 1.81 bits per heavy atom. The number of halogens is 1. The molecule has 1 aliphatic rings. The van der Waals surface area contributed by atoms with E-state index in [9.17, 15) is 0 Å². The molecule has 0 spiro atoms. The van der Waals surface area contributed by atoms with E-state index in [2.05, 4.69) is 47.8 Å². The molecule has 1 N–H and O–H groups in total. The van der Waals surface area contributed by atoms with Crippen molar-refractivity contribution in [2.75, 3.05) is 13.6 Å². The minimum atomic E-state index is 0.828. The van der Waals surface area contributed by atoms with Crippen molar-refractivity contribution in [3.05, 3.63) is 75.8 Å². The van der Waals surface area contributed by atoms with Gasteiger partial charge in [0.1, 0.15) is 0 Å². The summed E-state index contributed by atoms with van der Waals surface area (Å²) in [5.41, 5.74) is 6.84. The molecule has 0 atom stereocenters. The van der Waals surface area contributed by atoms with E-state index in [0.717, 1.165) is 30.8 Å². The summed E-state index contributed by atoms with van der Waals surface area (Å²) in [7, 11) is 1.99. The molecule has 3 rings (SSSR count). The number of rotatable bonds is 3. The predicted octanol–water partition coefficient (Wildman–Crippen LogP) is 4.48. The number of hydrogen-bond donors (Lipinski definition) is 1. The predicted molar refractivity (Wildman–Crippen MR) is 90.9 cm³/mol. The highest BCUT2D eigenvalue weighted by Crippen LogP contribution is 2.34. The van der Waals surface area contributed by atoms with Gasteiger partial charge in [-0.15, -0.1) is 0 Å². The highest BCUT2D eigenvalue weighted by atomic mass is 35.5. The summed E-state index contributed by atoms with van der Waals surface area (Å²) in [4.78, 5) is 0. The Balaban J connectivity index is 2.13. The van der Waals surface area contributed by atoms with Crippen LogP contribution in [-0.2, 0) is 12.8 Å². The number of aryl methyl sites for hydroxylation is 2. The van der Waals surface area contributed by atoms with Crippen molar-refractivity contribution >= 4 is 17.2 Å². The topological polar surface area (TPSA) is 12.0 Å². The van der Waals surface area contributed by atoms with E-state index in [1.165, 1.54) is 27.8 Å². The maximum atomic E-state index is 6.19. The number of hydrogen-bond acceptors (Lipinski definition) is 1. The van der Waals surface area contributed by atoms with Gasteiger partial charge < -0.3 is 5.32 Å². The summed E-state index contributed by atoms with van der Waals surface area (Å²) >= 11 is 6.19. The van der Waals surface area contributed by atoms with E-state index in [0.29, 0.717) is 0 Å². The molecule has 2 aromatic rings. The normalized spacial score (nSPS) is 15.4. The third-order valence-electron chi connectivity index (χ3n) is 4.07. The highest BCUT2D eigenvalue weighted by Gasteiger charge is 2.17. The summed E-state index contributed by atoms with van der Waals surface area (Å²) in [6, 6.07) is 15.0. The van der Waals surface area contributed by atoms with Gasteiger partial charge in [0.05, 0.1) is 0 Å². The second-order valence-corrected chi connectivity index (χ2v) is 5.91. The van der Waals surface area contributed by atoms with E-state index >= 15 is 0 Å². The fraction of sp³-hybridized carbons (Fsp3) is 0.263. The van der Waals surface area contributed by atoms with Gasteiger partial charge in [0.2, 0.25) is 0 Å². The van der Waals surface area contributed by atoms with Crippen LogP contribution in [0.5, 0.6) is 0 Å². The third kappa shape index (κ3) is 3.04. The lowest BCUT2D eigenvalue weighted by Gasteiger charge is -2.12. The van der Waals surface area contributed by atoms with Gasteiger partial charge in [0.15, 0.2) is 0 Å². The molecule has 1 nitrogen and oxygen atoms in total. The smallest absolute Gasteiger partial charge is 0.0409 e. The lowest BCUT2D eigenvalue weighted by atomic mass is 9.93. The minimum absolute atomic E-state index is 0.828. The maximum Gasteiger partial charge on any atom is 0.0409 e. The fourth-order valence-electron chi connectivity index (χ4n) is 3.03. The van der Waals surface area contributed by atoms with Gasteiger partial charge in [0.25, 0.3) is 0 Å². The van der Waals surface area contributed by atoms with Crippen LogP contribution in [0.25, 0.3) is 5.57 Å². The van der Waals surface area contributed by atoms with E-state index in [1.807, 2.05) is 13.1 Å². The summed E-state index contributed by atoms with van der Waals surface area (Å²) in [5.74, 6) is 0. The third-order valence-corrected chi connectivity index (χ3v) is 4.31. The zero-order chi connectivity index (χ0) is 14.7. The standard InChI is InChI=1S/C19H20ClN/c1-21-12-4-7-19-17-6-3-2-5-14(17)8-9-15-13-16(20)10-11-18(15)19/h2-3,5-7,10-11,13,21H,4,8-9,12H2,1H3/b19-7-. The van der Waals surface area contributed by atoms with Crippen LogP contribution in [0.2, 0.25) is 5.02 Å². The summed E-state index contributed by atoms with van der Waals surface area (Å²) in [6.45, 7) is 0.995. The van der Waals surface area contributed by atoms with E-state index in [1.54, 1.807) is 0 Å². The van der Waals surface area contributed by atoms with Crippen molar-refractivity contribution < 1.29 is 0 Å². The average molecular weight is 298 g/mol. The SMILES string of the molecule is CNCC/C=C1/c2ccccc2CCc2cc(Cl)ccc21. The molecule has 0 bridgehead atoms. The fourth-order valence-corrected chi connectivity index (χ4v) is 3.22. The Kier molecular flexibility index (Phi) is 4.42. The average Bonchev–Trinajstić information content (AvgIpc) is 2.65. The van der Waals surface area contributed by atoms with Crippen molar-refractivity contribution in [2.45, 2.75) is 19.3 Å². The molecule has 21 heavy (non-hydrogen) atoms. The van der Waals surface area contributed by atoms with Crippen molar-refractivity contribution in [3.63, 3.8) is 0 Å². The quantitative estimate of drug-likeness (QED) is 0.824. The van der Waals surface area contributed by atoms with Crippen molar-refractivity contribution in [1.29, 1.82) is 0 Å². The lowest BCUT2D eigenvalue weighted by molar-refractivity contribution is 0.808. The van der Waals surface area contributed by atoms with Crippen LogP contribution >= 0.6 is 11.6 Å². The van der Waals surface area contributed by atoms with Gasteiger partial charge in [-0.05, 0) is 72.8 Å². The molecular weight excluding hydrogens is 278 g/mol. The molecule has 0 heterocycles. The summed E-state index contributed by atoms with van der Waals surface area (Å²) in [5, 5.41) is 4.04. The molecule has 0 saturated carbocycles.